The summed E-state index contributed by atoms with van der Waals surface area (Å²) in [7, 11) is 0. The molecule has 2 fully saturated rings. The lowest BCUT2D eigenvalue weighted by molar-refractivity contribution is 0.158. The van der Waals surface area contributed by atoms with E-state index in [-0.39, 0.29) is 0 Å². The third kappa shape index (κ3) is 4.68. The molecule has 1 aliphatic carbocycles. The minimum absolute atomic E-state index is 0.610. The zero-order valence-electron chi connectivity index (χ0n) is 14.0. The molecule has 3 atom stereocenters. The third-order valence-corrected chi connectivity index (χ3v) is 7.84. The maximum absolute atomic E-state index is 2.65. The minimum atomic E-state index is 0.610. The van der Waals surface area contributed by atoms with Gasteiger partial charge in [0.1, 0.15) is 0 Å². The lowest BCUT2D eigenvalue weighted by Gasteiger charge is -2.43. The Hall–Kier alpha value is 0.350. The first-order valence-electron chi connectivity index (χ1n) is 9.35. The molecule has 0 nitrogen and oxygen atoms in total. The molecule has 0 N–H and O–H groups in total. The van der Waals surface area contributed by atoms with Crippen molar-refractivity contribution in [2.45, 2.75) is 103 Å². The van der Waals surface area contributed by atoms with Gasteiger partial charge in [0.05, 0.1) is 0 Å². The largest absolute Gasteiger partial charge is 0.158 e. The summed E-state index contributed by atoms with van der Waals surface area (Å²) in [6, 6.07) is 0. The van der Waals surface area contributed by atoms with Crippen molar-refractivity contribution in [2.75, 3.05) is 5.75 Å². The number of hydrogen-bond donors (Lipinski definition) is 0. The van der Waals surface area contributed by atoms with E-state index >= 15 is 0 Å². The van der Waals surface area contributed by atoms with Crippen LogP contribution in [0.3, 0.4) is 0 Å². The molecule has 2 rings (SSSR count). The van der Waals surface area contributed by atoms with Crippen molar-refractivity contribution in [3.8, 4) is 0 Å². The molecule has 118 valence electrons. The van der Waals surface area contributed by atoms with Crippen LogP contribution in [0.1, 0.15) is 97.3 Å². The van der Waals surface area contributed by atoms with Crippen LogP contribution in [-0.4, -0.2) is 11.0 Å². The highest BCUT2D eigenvalue weighted by Crippen LogP contribution is 2.47. The lowest BCUT2D eigenvalue weighted by atomic mass is 9.69. The molecule has 1 saturated heterocycles. The van der Waals surface area contributed by atoms with Gasteiger partial charge in [-0.3, -0.25) is 0 Å². The van der Waals surface area contributed by atoms with Crippen LogP contribution in [0.4, 0.5) is 0 Å². The summed E-state index contributed by atoms with van der Waals surface area (Å²) in [5, 5.41) is 0.939. The van der Waals surface area contributed by atoms with Gasteiger partial charge in [-0.25, -0.2) is 0 Å². The Morgan fingerprint density at radius 3 is 2.15 bits per heavy atom. The summed E-state index contributed by atoms with van der Waals surface area (Å²) in [5.41, 5.74) is 0.610. The first-order chi connectivity index (χ1) is 9.73. The molecule has 0 aromatic carbocycles. The summed E-state index contributed by atoms with van der Waals surface area (Å²) >= 11 is 2.34. The van der Waals surface area contributed by atoms with Gasteiger partial charge in [0, 0.05) is 5.25 Å². The van der Waals surface area contributed by atoms with Gasteiger partial charge in [-0.05, 0) is 36.3 Å². The zero-order valence-corrected chi connectivity index (χ0v) is 14.8. The maximum atomic E-state index is 2.65. The van der Waals surface area contributed by atoms with Crippen molar-refractivity contribution < 1.29 is 0 Å². The highest BCUT2D eigenvalue weighted by molar-refractivity contribution is 7.99. The predicted molar refractivity (Wildman–Crippen MR) is 93.5 cm³/mol. The van der Waals surface area contributed by atoms with Crippen LogP contribution in [0.5, 0.6) is 0 Å². The van der Waals surface area contributed by atoms with Gasteiger partial charge >= 0.3 is 0 Å². The number of rotatable bonds is 1. The fourth-order valence-corrected chi connectivity index (χ4v) is 6.05. The van der Waals surface area contributed by atoms with Gasteiger partial charge in [0.25, 0.3) is 0 Å². The molecule has 1 saturated carbocycles. The number of thioether (sulfide) groups is 1. The predicted octanol–water partition coefficient (Wildman–Crippen LogP) is 6.83. The SMILES string of the molecule is CC1CCCCCCCC1(C)C1CCCCCCCS1. The Morgan fingerprint density at radius 1 is 0.750 bits per heavy atom. The third-order valence-electron chi connectivity index (χ3n) is 6.14. The summed E-state index contributed by atoms with van der Waals surface area (Å²) in [4.78, 5) is 0. The van der Waals surface area contributed by atoms with Crippen LogP contribution >= 0.6 is 11.8 Å². The summed E-state index contributed by atoms with van der Waals surface area (Å²) in [5.74, 6) is 2.35. The highest BCUT2D eigenvalue weighted by atomic mass is 32.2. The average Bonchev–Trinajstić information content (AvgIpc) is 2.63. The van der Waals surface area contributed by atoms with Gasteiger partial charge in [0.15, 0.2) is 0 Å². The average molecular weight is 297 g/mol. The Balaban J connectivity index is 2.04. The Bertz CT molecular complexity index is 252. The standard InChI is InChI=1S/C19H36S/c1-17-13-9-5-3-7-11-15-19(17,2)18-14-10-6-4-8-12-16-20-18/h17-18H,3-16H2,1-2H3. The second-order valence-corrected chi connectivity index (χ2v) is 8.94. The molecular weight excluding hydrogens is 260 g/mol. The monoisotopic (exact) mass is 296 g/mol. The van der Waals surface area contributed by atoms with Crippen molar-refractivity contribution in [1.29, 1.82) is 0 Å². The first kappa shape index (κ1) is 16.7. The normalized spacial score (nSPS) is 38.7. The van der Waals surface area contributed by atoms with E-state index in [0.29, 0.717) is 5.41 Å². The lowest BCUT2D eigenvalue weighted by Crippen LogP contribution is -2.36. The first-order valence-corrected chi connectivity index (χ1v) is 10.4. The second kappa shape index (κ2) is 8.71. The van der Waals surface area contributed by atoms with Crippen molar-refractivity contribution in [2.24, 2.45) is 11.3 Å². The molecule has 1 heteroatoms. The van der Waals surface area contributed by atoms with E-state index in [1.807, 2.05) is 0 Å². The van der Waals surface area contributed by atoms with Crippen molar-refractivity contribution in [3.63, 3.8) is 0 Å². The Kier molecular flexibility index (Phi) is 7.28. The quantitative estimate of drug-likeness (QED) is 0.511. The van der Waals surface area contributed by atoms with Crippen molar-refractivity contribution in [3.05, 3.63) is 0 Å². The molecule has 3 unspecified atom stereocenters. The van der Waals surface area contributed by atoms with E-state index in [1.54, 1.807) is 0 Å². The van der Waals surface area contributed by atoms with E-state index in [0.717, 1.165) is 11.2 Å². The molecule has 0 aromatic heterocycles. The van der Waals surface area contributed by atoms with Gasteiger partial charge in [0.2, 0.25) is 0 Å². The van der Waals surface area contributed by atoms with Gasteiger partial charge < -0.3 is 0 Å². The molecule has 0 bridgehead atoms. The number of hydrogen-bond acceptors (Lipinski definition) is 1. The van der Waals surface area contributed by atoms with Crippen LogP contribution in [0, 0.1) is 11.3 Å². The summed E-state index contributed by atoms with van der Waals surface area (Å²) in [6.07, 6.45) is 19.3. The molecule has 0 aromatic rings. The van der Waals surface area contributed by atoms with E-state index in [9.17, 15) is 0 Å². The Morgan fingerprint density at radius 2 is 1.35 bits per heavy atom. The van der Waals surface area contributed by atoms with Crippen LogP contribution in [0.25, 0.3) is 0 Å². The van der Waals surface area contributed by atoms with Gasteiger partial charge in [-0.1, -0.05) is 78.1 Å². The van der Waals surface area contributed by atoms with E-state index in [2.05, 4.69) is 25.6 Å². The summed E-state index contributed by atoms with van der Waals surface area (Å²) in [6.45, 7) is 5.22. The highest BCUT2D eigenvalue weighted by Gasteiger charge is 2.38. The zero-order chi connectivity index (χ0) is 14.3. The van der Waals surface area contributed by atoms with E-state index < -0.39 is 0 Å². The minimum Gasteiger partial charge on any atom is -0.158 e. The van der Waals surface area contributed by atoms with Crippen LogP contribution in [0.2, 0.25) is 0 Å². The van der Waals surface area contributed by atoms with Crippen LogP contribution in [-0.2, 0) is 0 Å². The second-order valence-electron chi connectivity index (χ2n) is 7.63. The van der Waals surface area contributed by atoms with E-state index in [1.165, 1.54) is 89.2 Å². The Labute approximate surface area is 131 Å². The molecule has 2 aliphatic rings. The van der Waals surface area contributed by atoms with Crippen molar-refractivity contribution in [1.82, 2.24) is 0 Å². The molecule has 20 heavy (non-hydrogen) atoms. The van der Waals surface area contributed by atoms with Crippen LogP contribution < -0.4 is 0 Å². The van der Waals surface area contributed by atoms with Crippen molar-refractivity contribution >= 4 is 11.8 Å². The summed E-state index contributed by atoms with van der Waals surface area (Å²) < 4.78 is 0. The van der Waals surface area contributed by atoms with E-state index in [4.69, 9.17) is 0 Å². The molecule has 1 aliphatic heterocycles. The molecule has 0 spiro atoms. The molecular formula is C19H36S. The smallest absolute Gasteiger partial charge is 0.0103 e. The topological polar surface area (TPSA) is 0 Å². The van der Waals surface area contributed by atoms with Gasteiger partial charge in [-0.15, -0.1) is 0 Å². The van der Waals surface area contributed by atoms with Gasteiger partial charge in [-0.2, -0.15) is 11.8 Å². The fourth-order valence-electron chi connectivity index (χ4n) is 4.33. The van der Waals surface area contributed by atoms with Crippen LogP contribution in [0.15, 0.2) is 0 Å². The fraction of sp³-hybridized carbons (Fsp3) is 1.00. The molecule has 0 amide bonds. The maximum Gasteiger partial charge on any atom is 0.0103 e. The molecule has 1 heterocycles. The molecule has 0 radical (unpaired) electrons.